The monoisotopic (exact) mass is 462 g/mol. The van der Waals surface area contributed by atoms with Crippen LogP contribution in [0.4, 0.5) is 11.5 Å². The fourth-order valence-electron chi connectivity index (χ4n) is 3.41. The Morgan fingerprint density at radius 3 is 2.50 bits per heavy atom. The van der Waals surface area contributed by atoms with E-state index in [-0.39, 0.29) is 12.5 Å². The summed E-state index contributed by atoms with van der Waals surface area (Å²) in [6.45, 7) is 9.71. The minimum Gasteiger partial charge on any atom is -0.494 e. The van der Waals surface area contributed by atoms with Gasteiger partial charge in [0.05, 0.1) is 18.0 Å². The van der Waals surface area contributed by atoms with Gasteiger partial charge in [0.15, 0.2) is 0 Å². The van der Waals surface area contributed by atoms with Crippen molar-refractivity contribution in [2.24, 2.45) is 4.99 Å². The van der Waals surface area contributed by atoms with Crippen LogP contribution < -0.4 is 15.4 Å². The van der Waals surface area contributed by atoms with Gasteiger partial charge >= 0.3 is 0 Å². The maximum absolute atomic E-state index is 12.8. The Hall–Kier alpha value is -3.71. The largest absolute Gasteiger partial charge is 0.494 e. The highest BCUT2D eigenvalue weighted by Gasteiger charge is 2.21. The molecule has 2 aromatic rings. The van der Waals surface area contributed by atoms with Crippen LogP contribution in [0, 0.1) is 0 Å². The number of hydrogen-bond acceptors (Lipinski definition) is 6. The molecule has 34 heavy (non-hydrogen) atoms. The van der Waals surface area contributed by atoms with E-state index in [0.29, 0.717) is 48.1 Å². The highest BCUT2D eigenvalue weighted by Crippen LogP contribution is 2.31. The van der Waals surface area contributed by atoms with Crippen molar-refractivity contribution in [2.75, 3.05) is 23.8 Å². The van der Waals surface area contributed by atoms with Crippen molar-refractivity contribution in [1.82, 2.24) is 4.98 Å². The van der Waals surface area contributed by atoms with Gasteiger partial charge < -0.3 is 15.6 Å². The average Bonchev–Trinajstić information content (AvgIpc) is 2.84. The molecule has 1 heterocycles. The first-order valence-corrected chi connectivity index (χ1v) is 11.3. The van der Waals surface area contributed by atoms with Crippen LogP contribution in [0.15, 0.2) is 82.8 Å². The number of allylic oxidation sites excluding steroid dienone is 3. The van der Waals surface area contributed by atoms with Gasteiger partial charge in [-0.1, -0.05) is 31.2 Å². The summed E-state index contributed by atoms with van der Waals surface area (Å²) in [4.78, 5) is 22.9. The lowest BCUT2D eigenvalue weighted by Crippen LogP contribution is -2.29. The first-order valence-electron chi connectivity index (χ1n) is 11.3. The molecule has 180 valence electrons. The lowest BCUT2D eigenvalue weighted by Gasteiger charge is -2.27. The highest BCUT2D eigenvalue weighted by molar-refractivity contribution is 5.96. The third-order valence-corrected chi connectivity index (χ3v) is 5.00. The number of aliphatic hydroxyl groups excluding tert-OH is 1. The van der Waals surface area contributed by atoms with Crippen molar-refractivity contribution in [3.05, 3.63) is 83.4 Å². The van der Waals surface area contributed by atoms with E-state index in [1.165, 1.54) is 6.92 Å². The summed E-state index contributed by atoms with van der Waals surface area (Å²) in [5.41, 5.74) is 9.61. The summed E-state index contributed by atoms with van der Waals surface area (Å²) in [7, 11) is 0. The second-order valence-electron chi connectivity index (χ2n) is 7.52. The number of aliphatic imine (C=N–C) groups is 1. The van der Waals surface area contributed by atoms with Crippen molar-refractivity contribution < 1.29 is 14.6 Å². The summed E-state index contributed by atoms with van der Waals surface area (Å²) >= 11 is 0. The Balaban J connectivity index is 2.46. The molecule has 0 bridgehead atoms. The molecule has 0 spiro atoms. The number of aliphatic hydroxyl groups is 1. The van der Waals surface area contributed by atoms with E-state index in [9.17, 15) is 4.79 Å². The maximum Gasteiger partial charge on any atom is 0.228 e. The number of ether oxygens (including phenoxy) is 1. The molecule has 0 saturated carbocycles. The second kappa shape index (κ2) is 13.7. The fourth-order valence-corrected chi connectivity index (χ4v) is 3.41. The smallest absolute Gasteiger partial charge is 0.228 e. The number of pyridine rings is 1. The van der Waals surface area contributed by atoms with Gasteiger partial charge in [-0.15, -0.1) is 0 Å². The Morgan fingerprint density at radius 1 is 1.24 bits per heavy atom. The van der Waals surface area contributed by atoms with Crippen LogP contribution in [0.5, 0.6) is 5.75 Å². The minimum absolute atomic E-state index is 0.0767. The number of carbonyl (C=O) groups is 1. The number of anilines is 2. The Morgan fingerprint density at radius 2 is 1.97 bits per heavy atom. The molecule has 1 amide bonds. The lowest BCUT2D eigenvalue weighted by molar-refractivity contribution is -0.116. The predicted molar refractivity (Wildman–Crippen MR) is 139 cm³/mol. The van der Waals surface area contributed by atoms with E-state index in [1.807, 2.05) is 62.4 Å². The van der Waals surface area contributed by atoms with Crippen LogP contribution in [0.1, 0.15) is 39.2 Å². The number of nitrogen functional groups attached to an aromatic ring is 1. The number of rotatable bonds is 12. The van der Waals surface area contributed by atoms with Crippen molar-refractivity contribution in [3.8, 4) is 5.75 Å². The Labute approximate surface area is 202 Å². The summed E-state index contributed by atoms with van der Waals surface area (Å²) < 4.78 is 5.62. The quantitative estimate of drug-likeness (QED) is 0.267. The van der Waals surface area contributed by atoms with Crippen molar-refractivity contribution in [3.63, 3.8) is 0 Å². The lowest BCUT2D eigenvalue weighted by atomic mass is 10.0. The molecule has 3 N–H and O–H groups in total. The Bertz CT molecular complexity index is 1040. The molecule has 0 atom stereocenters. The van der Waals surface area contributed by atoms with Gasteiger partial charge in [0.2, 0.25) is 5.91 Å². The summed E-state index contributed by atoms with van der Waals surface area (Å²) in [6.07, 6.45) is 9.56. The Kier molecular flexibility index (Phi) is 10.7. The molecule has 0 aliphatic heterocycles. The summed E-state index contributed by atoms with van der Waals surface area (Å²) in [5, 5.41) is 8.93. The van der Waals surface area contributed by atoms with Crippen LogP contribution in [-0.2, 0) is 11.2 Å². The second-order valence-corrected chi connectivity index (χ2v) is 7.52. The molecule has 0 fully saturated rings. The minimum atomic E-state index is -0.137. The molecule has 7 heteroatoms. The van der Waals surface area contributed by atoms with Gasteiger partial charge in [0.1, 0.15) is 11.6 Å². The number of carbonyl (C=O) groups excluding carboxylic acids is 1. The predicted octanol–water partition coefficient (Wildman–Crippen LogP) is 4.85. The SMILES string of the molecule is C=NC(=C/CC)/C(=C\Cc1ccc(N)nc1)C(=C/C)/N(C(C)=O)c1ccc(OCCCO)cc1. The first kappa shape index (κ1) is 26.5. The van der Waals surface area contributed by atoms with Gasteiger partial charge in [-0.3, -0.25) is 14.7 Å². The zero-order valence-corrected chi connectivity index (χ0v) is 20.2. The molecule has 0 aliphatic rings. The van der Waals surface area contributed by atoms with Crippen LogP contribution in [0.2, 0.25) is 0 Å². The molecule has 0 saturated heterocycles. The third kappa shape index (κ3) is 7.42. The molecular weight excluding hydrogens is 428 g/mol. The molecule has 2 rings (SSSR count). The zero-order chi connectivity index (χ0) is 24.9. The van der Waals surface area contributed by atoms with Gasteiger partial charge in [-0.25, -0.2) is 4.98 Å². The van der Waals surface area contributed by atoms with E-state index in [4.69, 9.17) is 15.6 Å². The zero-order valence-electron chi connectivity index (χ0n) is 20.2. The van der Waals surface area contributed by atoms with Crippen molar-refractivity contribution in [1.29, 1.82) is 0 Å². The average molecular weight is 463 g/mol. The molecule has 0 unspecified atom stereocenters. The number of nitrogens with zero attached hydrogens (tertiary/aromatic N) is 3. The van der Waals surface area contributed by atoms with Crippen molar-refractivity contribution in [2.45, 2.75) is 40.0 Å². The van der Waals surface area contributed by atoms with Crippen LogP contribution in [-0.4, -0.2) is 35.9 Å². The number of aromatic nitrogens is 1. The fraction of sp³-hybridized carbons (Fsp3) is 0.296. The standard InChI is InChI=1S/C27H34N4O3/c1-5-8-25(29-4)24(15-9-21-10-16-27(28)30-19-21)26(6-2)31(20(3)33)22-11-13-23(14-12-22)34-18-7-17-32/h6,8,10-16,19,32H,4-5,7,9,17-18H2,1-3H3,(H2,28,30)/b24-15+,25-8+,26-6-. The first-order chi connectivity index (χ1) is 16.4. The molecule has 7 nitrogen and oxygen atoms in total. The van der Waals surface area contributed by atoms with Crippen LogP contribution in [0.3, 0.4) is 0 Å². The highest BCUT2D eigenvalue weighted by atomic mass is 16.5. The van der Waals surface area contributed by atoms with Crippen molar-refractivity contribution >= 4 is 24.1 Å². The topological polar surface area (TPSA) is 101 Å². The van der Waals surface area contributed by atoms with E-state index in [0.717, 1.165) is 17.6 Å². The normalized spacial score (nSPS) is 12.4. The van der Waals surface area contributed by atoms with E-state index < -0.39 is 0 Å². The van der Waals surface area contributed by atoms with Gasteiger partial charge in [0, 0.05) is 37.4 Å². The number of hydrogen-bond donors (Lipinski definition) is 2. The molecule has 1 aromatic heterocycles. The third-order valence-electron chi connectivity index (χ3n) is 5.00. The van der Waals surface area contributed by atoms with Crippen LogP contribution >= 0.6 is 0 Å². The van der Waals surface area contributed by atoms with Crippen LogP contribution in [0.25, 0.3) is 0 Å². The molecule has 0 aliphatic carbocycles. The molecule has 0 radical (unpaired) electrons. The molecular formula is C27H34N4O3. The van der Waals surface area contributed by atoms with E-state index >= 15 is 0 Å². The number of benzene rings is 1. The molecule has 1 aromatic carbocycles. The van der Waals surface area contributed by atoms with E-state index in [1.54, 1.807) is 17.2 Å². The summed E-state index contributed by atoms with van der Waals surface area (Å²) in [5.74, 6) is 1.00. The van der Waals surface area contributed by atoms with Gasteiger partial charge in [-0.2, -0.15) is 0 Å². The van der Waals surface area contributed by atoms with E-state index in [2.05, 4.69) is 16.7 Å². The maximum atomic E-state index is 12.8. The summed E-state index contributed by atoms with van der Waals surface area (Å²) in [6, 6.07) is 11.0. The van der Waals surface area contributed by atoms with Gasteiger partial charge in [0.25, 0.3) is 0 Å². The number of nitrogens with two attached hydrogens (primary N) is 1. The number of amides is 1. The van der Waals surface area contributed by atoms with Gasteiger partial charge in [-0.05, 0) is 62.4 Å².